The molecule has 0 radical (unpaired) electrons. The number of rotatable bonds is 4. The Morgan fingerprint density at radius 2 is 2.11 bits per heavy atom. The SMILES string of the molecule is CCCc1c(C=O)nnn1-c1cc(C)ccc1C. The smallest absolute Gasteiger partial charge is 0.172 e. The summed E-state index contributed by atoms with van der Waals surface area (Å²) >= 11 is 0. The predicted molar refractivity (Wildman–Crippen MR) is 70.2 cm³/mol. The van der Waals surface area contributed by atoms with Gasteiger partial charge in [-0.05, 0) is 37.5 Å². The molecule has 4 heteroatoms. The van der Waals surface area contributed by atoms with Crippen LogP contribution in [0.25, 0.3) is 5.69 Å². The maximum Gasteiger partial charge on any atom is 0.172 e. The molecule has 1 heterocycles. The summed E-state index contributed by atoms with van der Waals surface area (Å²) in [5, 5.41) is 8.06. The average molecular weight is 243 g/mol. The molecule has 1 aromatic carbocycles. The van der Waals surface area contributed by atoms with Crippen LogP contribution in [0.3, 0.4) is 0 Å². The van der Waals surface area contributed by atoms with Gasteiger partial charge in [0, 0.05) is 0 Å². The lowest BCUT2D eigenvalue weighted by atomic mass is 10.1. The predicted octanol–water partition coefficient (Wildman–Crippen LogP) is 2.65. The number of aromatic nitrogens is 3. The van der Waals surface area contributed by atoms with Crippen LogP contribution < -0.4 is 0 Å². The zero-order chi connectivity index (χ0) is 13.1. The molecule has 0 fully saturated rings. The fourth-order valence-electron chi connectivity index (χ4n) is 2.02. The lowest BCUT2D eigenvalue weighted by Crippen LogP contribution is -2.05. The van der Waals surface area contributed by atoms with Gasteiger partial charge in [-0.3, -0.25) is 4.79 Å². The Morgan fingerprint density at radius 1 is 1.33 bits per heavy atom. The van der Waals surface area contributed by atoms with E-state index in [1.165, 1.54) is 5.56 Å². The van der Waals surface area contributed by atoms with Gasteiger partial charge < -0.3 is 0 Å². The van der Waals surface area contributed by atoms with Crippen LogP contribution in [0.15, 0.2) is 18.2 Å². The molecule has 0 N–H and O–H groups in total. The number of nitrogens with zero attached hydrogens (tertiary/aromatic N) is 3. The van der Waals surface area contributed by atoms with Crippen LogP contribution in [0.5, 0.6) is 0 Å². The summed E-state index contributed by atoms with van der Waals surface area (Å²) in [7, 11) is 0. The molecule has 0 saturated carbocycles. The standard InChI is InChI=1S/C14H17N3O/c1-4-5-13-12(9-18)15-16-17(13)14-8-10(2)6-7-11(14)3/h6-9H,4-5H2,1-3H3. The molecule has 94 valence electrons. The highest BCUT2D eigenvalue weighted by atomic mass is 16.1. The van der Waals surface area contributed by atoms with Crippen molar-refractivity contribution in [3.63, 3.8) is 0 Å². The minimum atomic E-state index is 0.442. The number of aryl methyl sites for hydroxylation is 2. The van der Waals surface area contributed by atoms with Gasteiger partial charge in [0.15, 0.2) is 6.29 Å². The Labute approximate surface area is 107 Å². The molecule has 0 unspecified atom stereocenters. The van der Waals surface area contributed by atoms with Gasteiger partial charge in [0.25, 0.3) is 0 Å². The summed E-state index contributed by atoms with van der Waals surface area (Å²) in [4.78, 5) is 11.0. The van der Waals surface area contributed by atoms with E-state index in [0.717, 1.165) is 36.1 Å². The number of carbonyl (C=O) groups excluding carboxylic acids is 1. The van der Waals surface area contributed by atoms with E-state index in [0.29, 0.717) is 5.69 Å². The van der Waals surface area contributed by atoms with Crippen LogP contribution in [0.4, 0.5) is 0 Å². The van der Waals surface area contributed by atoms with Gasteiger partial charge in [0.05, 0.1) is 11.4 Å². The zero-order valence-corrected chi connectivity index (χ0v) is 11.0. The van der Waals surface area contributed by atoms with Crippen molar-refractivity contribution in [3.8, 4) is 5.69 Å². The molecule has 2 rings (SSSR count). The van der Waals surface area contributed by atoms with Gasteiger partial charge in [0.1, 0.15) is 5.69 Å². The molecule has 0 spiro atoms. The van der Waals surface area contributed by atoms with Crippen LogP contribution in [-0.4, -0.2) is 21.3 Å². The zero-order valence-electron chi connectivity index (χ0n) is 11.0. The quantitative estimate of drug-likeness (QED) is 0.776. The van der Waals surface area contributed by atoms with Crippen molar-refractivity contribution in [2.45, 2.75) is 33.6 Å². The van der Waals surface area contributed by atoms with Crippen molar-refractivity contribution in [2.75, 3.05) is 0 Å². The van der Waals surface area contributed by atoms with E-state index in [-0.39, 0.29) is 0 Å². The molecular formula is C14H17N3O. The van der Waals surface area contributed by atoms with E-state index < -0.39 is 0 Å². The molecule has 2 aromatic rings. The van der Waals surface area contributed by atoms with Crippen molar-refractivity contribution in [1.82, 2.24) is 15.0 Å². The summed E-state index contributed by atoms with van der Waals surface area (Å²) in [6.45, 7) is 6.15. The van der Waals surface area contributed by atoms with Gasteiger partial charge in [-0.25, -0.2) is 4.68 Å². The van der Waals surface area contributed by atoms with Gasteiger partial charge in [0.2, 0.25) is 0 Å². The molecule has 4 nitrogen and oxygen atoms in total. The largest absolute Gasteiger partial charge is 0.296 e. The molecular weight excluding hydrogens is 226 g/mol. The highest BCUT2D eigenvalue weighted by Gasteiger charge is 2.14. The van der Waals surface area contributed by atoms with Crippen molar-refractivity contribution in [1.29, 1.82) is 0 Å². The van der Waals surface area contributed by atoms with Gasteiger partial charge in [-0.15, -0.1) is 5.10 Å². The molecule has 0 aliphatic heterocycles. The Kier molecular flexibility index (Phi) is 3.55. The number of hydrogen-bond donors (Lipinski definition) is 0. The summed E-state index contributed by atoms with van der Waals surface area (Å²) in [5.74, 6) is 0. The lowest BCUT2D eigenvalue weighted by Gasteiger charge is -2.09. The minimum Gasteiger partial charge on any atom is -0.296 e. The first-order chi connectivity index (χ1) is 8.67. The third-order valence-corrected chi connectivity index (χ3v) is 2.98. The van der Waals surface area contributed by atoms with Crippen molar-refractivity contribution < 1.29 is 4.79 Å². The first kappa shape index (κ1) is 12.5. The van der Waals surface area contributed by atoms with E-state index >= 15 is 0 Å². The summed E-state index contributed by atoms with van der Waals surface area (Å²) in [6, 6.07) is 6.19. The third-order valence-electron chi connectivity index (χ3n) is 2.98. The Bertz CT molecular complexity index is 572. The highest BCUT2D eigenvalue weighted by Crippen LogP contribution is 2.19. The number of aldehydes is 1. The van der Waals surface area contributed by atoms with Crippen LogP contribution in [0.1, 0.15) is 40.7 Å². The van der Waals surface area contributed by atoms with Crippen LogP contribution in [-0.2, 0) is 6.42 Å². The number of hydrogen-bond acceptors (Lipinski definition) is 3. The van der Waals surface area contributed by atoms with E-state index in [1.807, 2.05) is 13.8 Å². The van der Waals surface area contributed by atoms with Crippen LogP contribution >= 0.6 is 0 Å². The maximum atomic E-state index is 11.0. The number of benzene rings is 1. The Morgan fingerprint density at radius 3 is 2.78 bits per heavy atom. The lowest BCUT2D eigenvalue weighted by molar-refractivity contribution is 0.111. The molecule has 0 atom stereocenters. The maximum absolute atomic E-state index is 11.0. The van der Waals surface area contributed by atoms with Gasteiger partial charge in [-0.2, -0.15) is 0 Å². The second-order valence-electron chi connectivity index (χ2n) is 4.49. The van der Waals surface area contributed by atoms with Crippen LogP contribution in [0, 0.1) is 13.8 Å². The normalized spacial score (nSPS) is 10.6. The monoisotopic (exact) mass is 243 g/mol. The molecule has 18 heavy (non-hydrogen) atoms. The topological polar surface area (TPSA) is 47.8 Å². The van der Waals surface area contributed by atoms with E-state index in [2.05, 4.69) is 35.4 Å². The molecule has 0 bridgehead atoms. The second-order valence-corrected chi connectivity index (χ2v) is 4.49. The number of carbonyl (C=O) groups is 1. The molecule has 0 saturated heterocycles. The second kappa shape index (κ2) is 5.12. The first-order valence-electron chi connectivity index (χ1n) is 6.14. The highest BCUT2D eigenvalue weighted by molar-refractivity contribution is 5.73. The van der Waals surface area contributed by atoms with Crippen molar-refractivity contribution >= 4 is 6.29 Å². The van der Waals surface area contributed by atoms with Crippen LogP contribution in [0.2, 0.25) is 0 Å². The summed E-state index contributed by atoms with van der Waals surface area (Å²) in [6.07, 6.45) is 2.53. The van der Waals surface area contributed by atoms with Gasteiger partial charge in [-0.1, -0.05) is 30.7 Å². The molecule has 0 amide bonds. The Hall–Kier alpha value is -1.97. The summed E-state index contributed by atoms with van der Waals surface area (Å²) < 4.78 is 1.79. The fraction of sp³-hybridized carbons (Fsp3) is 0.357. The minimum absolute atomic E-state index is 0.442. The summed E-state index contributed by atoms with van der Waals surface area (Å²) in [5.41, 5.74) is 4.62. The molecule has 0 aliphatic carbocycles. The molecule has 1 aromatic heterocycles. The Balaban J connectivity index is 2.59. The average Bonchev–Trinajstić information content (AvgIpc) is 2.76. The van der Waals surface area contributed by atoms with E-state index in [9.17, 15) is 4.79 Å². The van der Waals surface area contributed by atoms with Gasteiger partial charge >= 0.3 is 0 Å². The van der Waals surface area contributed by atoms with Crippen molar-refractivity contribution in [3.05, 3.63) is 40.7 Å². The first-order valence-corrected chi connectivity index (χ1v) is 6.14. The molecule has 0 aliphatic rings. The fourth-order valence-corrected chi connectivity index (χ4v) is 2.02. The van der Waals surface area contributed by atoms with E-state index in [4.69, 9.17) is 0 Å². The van der Waals surface area contributed by atoms with Crippen molar-refractivity contribution in [2.24, 2.45) is 0 Å². The third kappa shape index (κ3) is 2.18. The van der Waals surface area contributed by atoms with E-state index in [1.54, 1.807) is 4.68 Å².